The molecule has 1 saturated heterocycles. The molecule has 7 nitrogen and oxygen atoms in total. The Morgan fingerprint density at radius 3 is 2.80 bits per heavy atom. The number of piperidine rings is 1. The second kappa shape index (κ2) is 9.31. The van der Waals surface area contributed by atoms with Crippen LogP contribution in [0.25, 0.3) is 5.76 Å². The molecule has 0 saturated carbocycles. The van der Waals surface area contributed by atoms with E-state index in [2.05, 4.69) is 26.7 Å². The van der Waals surface area contributed by atoms with Crippen LogP contribution in [0.2, 0.25) is 0 Å². The minimum Gasteiger partial charge on any atom is -0.456 e. The standard InChI is InChI=1S/C23H25N5O2/c24-23(29)19-15-26-22(14-20(19)27-18-9-11-25-12-10-18)28-17-7-5-16(6-8-17)21-4-2-1-3-13-30-21/h2-3,5-8,13-15,18,25H,1,9-12H2,(H2,24,29)(H2,26,27,28). The Morgan fingerprint density at radius 2 is 2.03 bits per heavy atom. The number of hydrogen-bond acceptors (Lipinski definition) is 6. The Kier molecular flexibility index (Phi) is 6.13. The highest BCUT2D eigenvalue weighted by atomic mass is 16.5. The SMILES string of the molecule is NC(=O)c1cnc(Nc2ccc(C3=C=CCC=CO3)cc2)cc1NC1CCNCC1. The van der Waals surface area contributed by atoms with Gasteiger partial charge in [-0.05, 0) is 68.8 Å². The molecule has 7 heteroatoms. The minimum absolute atomic E-state index is 0.300. The average molecular weight is 403 g/mol. The minimum atomic E-state index is -0.492. The first-order chi connectivity index (χ1) is 14.7. The van der Waals surface area contributed by atoms with Gasteiger partial charge >= 0.3 is 0 Å². The number of ether oxygens (including phenoxy) is 1. The van der Waals surface area contributed by atoms with Crippen molar-refractivity contribution in [3.63, 3.8) is 0 Å². The third-order valence-corrected chi connectivity index (χ3v) is 5.06. The molecule has 5 N–H and O–H groups in total. The molecule has 0 radical (unpaired) electrons. The highest BCUT2D eigenvalue weighted by molar-refractivity contribution is 5.98. The van der Waals surface area contributed by atoms with Crippen molar-refractivity contribution in [1.82, 2.24) is 10.3 Å². The van der Waals surface area contributed by atoms with Gasteiger partial charge in [0, 0.05) is 29.6 Å². The largest absolute Gasteiger partial charge is 0.456 e. The van der Waals surface area contributed by atoms with Crippen LogP contribution >= 0.6 is 0 Å². The van der Waals surface area contributed by atoms with Crippen molar-refractivity contribution in [1.29, 1.82) is 0 Å². The van der Waals surface area contributed by atoms with Gasteiger partial charge in [-0.2, -0.15) is 0 Å². The summed E-state index contributed by atoms with van der Waals surface area (Å²) in [5, 5.41) is 10.1. The molecule has 0 bridgehead atoms. The molecule has 4 rings (SSSR count). The summed E-state index contributed by atoms with van der Waals surface area (Å²) in [5.41, 5.74) is 11.6. The number of nitrogens with two attached hydrogens (primary N) is 1. The number of carbonyl (C=O) groups is 1. The van der Waals surface area contributed by atoms with Crippen LogP contribution in [-0.2, 0) is 4.74 Å². The number of allylic oxidation sites excluding steroid dienone is 2. The smallest absolute Gasteiger partial charge is 0.252 e. The number of carbonyl (C=O) groups excluding carboxylic acids is 1. The van der Waals surface area contributed by atoms with Crippen molar-refractivity contribution < 1.29 is 9.53 Å². The monoisotopic (exact) mass is 403 g/mol. The molecule has 2 aromatic rings. The summed E-state index contributed by atoms with van der Waals surface area (Å²) in [5.74, 6) is 0.832. The maximum Gasteiger partial charge on any atom is 0.252 e. The van der Waals surface area contributed by atoms with E-state index in [4.69, 9.17) is 10.5 Å². The molecule has 154 valence electrons. The molecule has 2 aliphatic heterocycles. The highest BCUT2D eigenvalue weighted by Crippen LogP contribution is 2.25. The number of anilines is 3. The Balaban J connectivity index is 1.51. The third-order valence-electron chi connectivity index (χ3n) is 5.06. The van der Waals surface area contributed by atoms with Gasteiger partial charge in [0.05, 0.1) is 17.5 Å². The molecule has 1 fully saturated rings. The van der Waals surface area contributed by atoms with Crippen molar-refractivity contribution >= 4 is 28.9 Å². The van der Waals surface area contributed by atoms with Gasteiger partial charge < -0.3 is 26.4 Å². The first-order valence-corrected chi connectivity index (χ1v) is 10.1. The fraction of sp³-hybridized carbons (Fsp3) is 0.261. The van der Waals surface area contributed by atoms with Crippen molar-refractivity contribution in [3.8, 4) is 0 Å². The highest BCUT2D eigenvalue weighted by Gasteiger charge is 2.17. The van der Waals surface area contributed by atoms with E-state index in [-0.39, 0.29) is 0 Å². The molecule has 1 aromatic heterocycles. The van der Waals surface area contributed by atoms with Crippen LogP contribution in [0.4, 0.5) is 17.2 Å². The van der Waals surface area contributed by atoms with Crippen LogP contribution in [0.15, 0.2) is 60.7 Å². The molecular weight excluding hydrogens is 378 g/mol. The maximum absolute atomic E-state index is 11.8. The van der Waals surface area contributed by atoms with E-state index in [0.717, 1.165) is 43.6 Å². The van der Waals surface area contributed by atoms with Crippen LogP contribution in [0, 0.1) is 0 Å². The van der Waals surface area contributed by atoms with Crippen LogP contribution in [0.3, 0.4) is 0 Å². The lowest BCUT2D eigenvalue weighted by Crippen LogP contribution is -2.35. The van der Waals surface area contributed by atoms with Gasteiger partial charge in [0.25, 0.3) is 5.91 Å². The van der Waals surface area contributed by atoms with Gasteiger partial charge in [-0.3, -0.25) is 4.79 Å². The molecule has 1 amide bonds. The molecule has 0 spiro atoms. The normalized spacial score (nSPS) is 16.3. The Morgan fingerprint density at radius 1 is 1.23 bits per heavy atom. The lowest BCUT2D eigenvalue weighted by Gasteiger charge is -2.25. The number of nitrogens with one attached hydrogen (secondary N) is 3. The summed E-state index contributed by atoms with van der Waals surface area (Å²) in [6.45, 7) is 1.91. The van der Waals surface area contributed by atoms with E-state index in [1.807, 2.05) is 42.5 Å². The number of pyridine rings is 1. The van der Waals surface area contributed by atoms with E-state index in [1.165, 1.54) is 6.20 Å². The number of primary amides is 1. The molecular formula is C23H25N5O2. The zero-order valence-electron chi connectivity index (χ0n) is 16.7. The zero-order chi connectivity index (χ0) is 20.8. The molecule has 30 heavy (non-hydrogen) atoms. The molecule has 2 aliphatic rings. The van der Waals surface area contributed by atoms with E-state index in [1.54, 1.807) is 6.26 Å². The summed E-state index contributed by atoms with van der Waals surface area (Å²) in [7, 11) is 0. The topological polar surface area (TPSA) is 101 Å². The van der Waals surface area contributed by atoms with Crippen LogP contribution in [-0.4, -0.2) is 30.0 Å². The number of aromatic nitrogens is 1. The Bertz CT molecular complexity index is 1000. The fourth-order valence-electron chi connectivity index (χ4n) is 3.46. The van der Waals surface area contributed by atoms with Gasteiger partial charge in [-0.15, -0.1) is 0 Å². The van der Waals surface area contributed by atoms with Gasteiger partial charge in [-0.25, -0.2) is 4.98 Å². The van der Waals surface area contributed by atoms with Crippen molar-refractivity contribution in [2.75, 3.05) is 23.7 Å². The lowest BCUT2D eigenvalue weighted by atomic mass is 10.1. The summed E-state index contributed by atoms with van der Waals surface area (Å²) in [6, 6.07) is 9.96. The van der Waals surface area contributed by atoms with Crippen molar-refractivity contribution in [3.05, 3.63) is 71.8 Å². The summed E-state index contributed by atoms with van der Waals surface area (Å²) >= 11 is 0. The van der Waals surface area contributed by atoms with Crippen molar-refractivity contribution in [2.45, 2.75) is 25.3 Å². The number of hydrogen-bond donors (Lipinski definition) is 4. The first-order valence-electron chi connectivity index (χ1n) is 10.1. The van der Waals surface area contributed by atoms with Gasteiger partial charge in [0.2, 0.25) is 0 Å². The van der Waals surface area contributed by atoms with E-state index in [0.29, 0.717) is 28.9 Å². The molecule has 0 aliphatic carbocycles. The van der Waals surface area contributed by atoms with Crippen LogP contribution < -0.4 is 21.7 Å². The predicted molar refractivity (Wildman–Crippen MR) is 118 cm³/mol. The number of amides is 1. The quantitative estimate of drug-likeness (QED) is 0.551. The lowest BCUT2D eigenvalue weighted by molar-refractivity contribution is 0.100. The van der Waals surface area contributed by atoms with Crippen LogP contribution in [0.5, 0.6) is 0 Å². The second-order valence-corrected chi connectivity index (χ2v) is 7.25. The van der Waals surface area contributed by atoms with Gasteiger partial charge in [0.1, 0.15) is 5.82 Å². The van der Waals surface area contributed by atoms with Crippen LogP contribution in [0.1, 0.15) is 35.2 Å². The van der Waals surface area contributed by atoms with E-state index < -0.39 is 5.91 Å². The van der Waals surface area contributed by atoms with Gasteiger partial charge in [-0.1, -0.05) is 5.73 Å². The predicted octanol–water partition coefficient (Wildman–Crippen LogP) is 3.52. The molecule has 1 aromatic carbocycles. The Hall–Kier alpha value is -3.54. The zero-order valence-corrected chi connectivity index (χ0v) is 16.7. The summed E-state index contributed by atoms with van der Waals surface area (Å²) in [4.78, 5) is 16.2. The maximum atomic E-state index is 11.8. The summed E-state index contributed by atoms with van der Waals surface area (Å²) in [6.07, 6.45) is 9.87. The molecule has 3 heterocycles. The third kappa shape index (κ3) is 4.89. The fourth-order valence-corrected chi connectivity index (χ4v) is 3.46. The Labute approximate surface area is 175 Å². The van der Waals surface area contributed by atoms with Crippen molar-refractivity contribution in [2.24, 2.45) is 5.73 Å². The molecule has 0 atom stereocenters. The van der Waals surface area contributed by atoms with E-state index in [9.17, 15) is 4.79 Å². The second-order valence-electron chi connectivity index (χ2n) is 7.25. The van der Waals surface area contributed by atoms with E-state index >= 15 is 0 Å². The number of benzene rings is 1. The first kappa shape index (κ1) is 19.8. The summed E-state index contributed by atoms with van der Waals surface area (Å²) < 4.78 is 5.58. The average Bonchev–Trinajstić information content (AvgIpc) is 3.05. The van der Waals surface area contributed by atoms with Gasteiger partial charge in [0.15, 0.2) is 5.76 Å². The molecule has 0 unspecified atom stereocenters. The number of nitrogens with zero attached hydrogens (tertiary/aromatic N) is 1. The number of rotatable bonds is 6.